The molecule has 7 nitrogen and oxygen atoms in total. The second kappa shape index (κ2) is 9.35. The molecule has 2 aromatic carbocycles. The maximum absolute atomic E-state index is 13.3. The molecule has 2 N–H and O–H groups in total. The summed E-state index contributed by atoms with van der Waals surface area (Å²) in [5, 5.41) is 9.36. The zero-order chi connectivity index (χ0) is 22.7. The number of piperidine rings is 1. The van der Waals surface area contributed by atoms with E-state index in [-0.39, 0.29) is 12.2 Å². The average molecular weight is 430 g/mol. The molecule has 4 rings (SSSR count). The smallest absolute Gasteiger partial charge is 0.260 e. The Morgan fingerprint density at radius 1 is 1.09 bits per heavy atom. The van der Waals surface area contributed by atoms with Crippen molar-refractivity contribution in [2.45, 2.75) is 25.5 Å². The van der Waals surface area contributed by atoms with Gasteiger partial charge >= 0.3 is 0 Å². The number of nitrogens with one attached hydrogen (secondary N) is 1. The van der Waals surface area contributed by atoms with E-state index in [9.17, 15) is 9.90 Å². The molecule has 0 spiro atoms. The van der Waals surface area contributed by atoms with E-state index in [0.717, 1.165) is 42.6 Å². The third kappa shape index (κ3) is 4.42. The van der Waals surface area contributed by atoms with Crippen molar-refractivity contribution in [2.75, 3.05) is 32.1 Å². The van der Waals surface area contributed by atoms with Gasteiger partial charge in [-0.05, 0) is 43.6 Å². The predicted molar refractivity (Wildman–Crippen MR) is 127 cm³/mol. The number of anilines is 1. The molecule has 32 heavy (non-hydrogen) atoms. The van der Waals surface area contributed by atoms with Gasteiger partial charge in [0.25, 0.3) is 5.56 Å². The number of nitrogens with zero attached hydrogens (tertiary/aromatic N) is 4. The highest BCUT2D eigenvalue weighted by Gasteiger charge is 2.24. The minimum absolute atomic E-state index is 0.0539. The molecular weight excluding hydrogens is 402 g/mol. The number of aliphatic hydroxyl groups excluding tert-OH is 1. The number of benzene rings is 2. The molecule has 0 saturated carbocycles. The Morgan fingerprint density at radius 3 is 2.28 bits per heavy atom. The fraction of sp³-hybridized carbons (Fsp3) is 0.320. The quantitative estimate of drug-likeness (QED) is 0.605. The minimum atomic E-state index is -0.203. The van der Waals surface area contributed by atoms with Crippen LogP contribution < -0.4 is 10.5 Å². The van der Waals surface area contributed by atoms with Gasteiger partial charge in [-0.3, -0.25) is 9.78 Å². The van der Waals surface area contributed by atoms with Crippen LogP contribution in [0.15, 0.2) is 53.3 Å². The summed E-state index contributed by atoms with van der Waals surface area (Å²) < 4.78 is 0. The van der Waals surface area contributed by atoms with Gasteiger partial charge in [0.2, 0.25) is 5.95 Å². The topological polar surface area (TPSA) is 76.8 Å². The molecule has 7 heteroatoms. The molecule has 3 aromatic rings. The van der Waals surface area contributed by atoms with Crippen LogP contribution >= 0.6 is 0 Å². The highest BCUT2D eigenvalue weighted by atomic mass is 16.3. The third-order valence-electron chi connectivity index (χ3n) is 6.10. The molecule has 1 aliphatic heterocycles. The Bertz CT molecular complexity index is 1170. The van der Waals surface area contributed by atoms with Crippen LogP contribution in [0.2, 0.25) is 0 Å². The van der Waals surface area contributed by atoms with Crippen LogP contribution in [0.3, 0.4) is 0 Å². The SMILES string of the molecule is [C-]#[N+]c1ccc(-c2nc(N3CCC(N(C)C)CC3)[nH]c(=O)c2-c2ccc(CO)cc2)cc1. The molecule has 1 aliphatic rings. The minimum Gasteiger partial charge on any atom is -0.392 e. The number of rotatable bonds is 5. The first-order valence-corrected chi connectivity index (χ1v) is 10.7. The van der Waals surface area contributed by atoms with Crippen molar-refractivity contribution >= 4 is 11.6 Å². The maximum Gasteiger partial charge on any atom is 0.260 e. The van der Waals surface area contributed by atoms with Gasteiger partial charge in [-0.2, -0.15) is 0 Å². The number of H-pyrrole nitrogens is 1. The fourth-order valence-electron chi connectivity index (χ4n) is 4.15. The molecule has 0 atom stereocenters. The first-order valence-electron chi connectivity index (χ1n) is 10.7. The molecule has 164 valence electrons. The van der Waals surface area contributed by atoms with E-state index in [1.165, 1.54) is 0 Å². The summed E-state index contributed by atoms with van der Waals surface area (Å²) in [7, 11) is 4.20. The zero-order valence-corrected chi connectivity index (χ0v) is 18.4. The zero-order valence-electron chi connectivity index (χ0n) is 18.4. The van der Waals surface area contributed by atoms with Gasteiger partial charge in [-0.15, -0.1) is 0 Å². The lowest BCUT2D eigenvalue weighted by Gasteiger charge is -2.35. The van der Waals surface area contributed by atoms with Gasteiger partial charge in [0.05, 0.1) is 24.4 Å². The number of hydrogen-bond acceptors (Lipinski definition) is 5. The molecule has 2 heterocycles. The summed E-state index contributed by atoms with van der Waals surface area (Å²) in [4.78, 5) is 29.0. The third-order valence-corrected chi connectivity index (χ3v) is 6.10. The lowest BCUT2D eigenvalue weighted by Crippen LogP contribution is -2.43. The Labute approximate surface area is 187 Å². The highest BCUT2D eigenvalue weighted by molar-refractivity contribution is 5.81. The van der Waals surface area contributed by atoms with Crippen molar-refractivity contribution in [1.29, 1.82) is 0 Å². The average Bonchev–Trinajstić information content (AvgIpc) is 2.84. The summed E-state index contributed by atoms with van der Waals surface area (Å²) >= 11 is 0. The van der Waals surface area contributed by atoms with Crippen LogP contribution in [-0.4, -0.2) is 53.2 Å². The molecule has 1 saturated heterocycles. The van der Waals surface area contributed by atoms with Crippen molar-refractivity contribution in [3.8, 4) is 22.4 Å². The van der Waals surface area contributed by atoms with Gasteiger partial charge in [0, 0.05) is 19.1 Å². The second-order valence-electron chi connectivity index (χ2n) is 8.31. The van der Waals surface area contributed by atoms with Crippen LogP contribution in [0.1, 0.15) is 18.4 Å². The summed E-state index contributed by atoms with van der Waals surface area (Å²) in [6, 6.07) is 15.0. The predicted octanol–water partition coefficient (Wildman–Crippen LogP) is 3.68. The molecule has 1 fully saturated rings. The van der Waals surface area contributed by atoms with Gasteiger partial charge in [-0.1, -0.05) is 48.5 Å². The molecule has 0 unspecified atom stereocenters. The van der Waals surface area contributed by atoms with Crippen LogP contribution in [0, 0.1) is 6.57 Å². The lowest BCUT2D eigenvalue weighted by atomic mass is 9.99. The molecule has 1 aromatic heterocycles. The fourth-order valence-corrected chi connectivity index (χ4v) is 4.15. The van der Waals surface area contributed by atoms with Crippen LogP contribution in [-0.2, 0) is 6.61 Å². The summed E-state index contributed by atoms with van der Waals surface area (Å²) in [6.07, 6.45) is 2.02. The Hall–Kier alpha value is -3.47. The monoisotopic (exact) mass is 429 g/mol. The molecule has 0 bridgehead atoms. The van der Waals surface area contributed by atoms with Gasteiger partial charge in [-0.25, -0.2) is 9.83 Å². The van der Waals surface area contributed by atoms with E-state index in [0.29, 0.717) is 28.9 Å². The second-order valence-corrected chi connectivity index (χ2v) is 8.31. The standard InChI is InChI=1S/C25H27N5O2/c1-26-20-10-8-19(9-11-20)23-22(18-6-4-17(16-31)5-7-18)24(32)28-25(27-23)30-14-12-21(13-15-30)29(2)3/h4-11,21,31H,12-16H2,2-3H3,(H,27,28,32). The van der Waals surface area contributed by atoms with E-state index >= 15 is 0 Å². The normalized spacial score (nSPS) is 14.5. The number of aliphatic hydroxyl groups is 1. The highest BCUT2D eigenvalue weighted by Crippen LogP contribution is 2.31. The van der Waals surface area contributed by atoms with E-state index < -0.39 is 0 Å². The van der Waals surface area contributed by atoms with Crippen molar-refractivity contribution in [2.24, 2.45) is 0 Å². The van der Waals surface area contributed by atoms with Gasteiger partial charge in [0.1, 0.15) is 0 Å². The Balaban J connectivity index is 1.79. The first kappa shape index (κ1) is 21.8. The number of aromatic amines is 1. The van der Waals surface area contributed by atoms with E-state index in [2.05, 4.69) is 33.7 Å². The van der Waals surface area contributed by atoms with E-state index in [1.54, 1.807) is 24.3 Å². The molecule has 0 radical (unpaired) electrons. The summed E-state index contributed by atoms with van der Waals surface area (Å²) in [5.41, 5.74) is 3.71. The number of hydrogen-bond donors (Lipinski definition) is 2. The Morgan fingerprint density at radius 2 is 1.72 bits per heavy atom. The summed E-state index contributed by atoms with van der Waals surface area (Å²) in [5.74, 6) is 0.576. The van der Waals surface area contributed by atoms with Crippen molar-refractivity contribution in [1.82, 2.24) is 14.9 Å². The van der Waals surface area contributed by atoms with Crippen LogP contribution in [0.25, 0.3) is 27.2 Å². The molecular formula is C25H27N5O2. The summed E-state index contributed by atoms with van der Waals surface area (Å²) in [6.45, 7) is 8.80. The van der Waals surface area contributed by atoms with E-state index in [4.69, 9.17) is 11.6 Å². The van der Waals surface area contributed by atoms with Crippen molar-refractivity contribution in [3.63, 3.8) is 0 Å². The van der Waals surface area contributed by atoms with Gasteiger partial charge < -0.3 is 14.9 Å². The lowest BCUT2D eigenvalue weighted by molar-refractivity contribution is 0.249. The van der Waals surface area contributed by atoms with Crippen molar-refractivity contribution < 1.29 is 5.11 Å². The van der Waals surface area contributed by atoms with Crippen LogP contribution in [0.4, 0.5) is 11.6 Å². The first-order chi connectivity index (χ1) is 15.5. The van der Waals surface area contributed by atoms with Crippen LogP contribution in [0.5, 0.6) is 0 Å². The molecule has 0 amide bonds. The van der Waals surface area contributed by atoms with Crippen molar-refractivity contribution in [3.05, 3.63) is 75.9 Å². The molecule has 0 aliphatic carbocycles. The maximum atomic E-state index is 13.3. The Kier molecular flexibility index (Phi) is 6.35. The largest absolute Gasteiger partial charge is 0.392 e. The van der Waals surface area contributed by atoms with E-state index in [1.807, 2.05) is 24.3 Å². The van der Waals surface area contributed by atoms with Gasteiger partial charge in [0.15, 0.2) is 5.69 Å². The number of aromatic nitrogens is 2.